The van der Waals surface area contributed by atoms with Gasteiger partial charge < -0.3 is 5.73 Å². The first-order valence-corrected chi connectivity index (χ1v) is 4.33. The molecule has 0 radical (unpaired) electrons. The molecule has 0 unspecified atom stereocenters. The number of nitrogens with two attached hydrogens (primary N) is 1. The Balaban J connectivity index is 4.59. The minimum Gasteiger partial charge on any atom is -0.359 e. The molecule has 2 N–H and O–H groups in total. The molecule has 0 spiro atoms. The summed E-state index contributed by atoms with van der Waals surface area (Å²) >= 11 is 0. The highest BCUT2D eigenvalue weighted by Gasteiger charge is 2.22. The number of carbonyl (C=O) groups excluding carboxylic acids is 1. The summed E-state index contributed by atoms with van der Waals surface area (Å²) in [6, 6.07) is 0.386. The van der Waals surface area contributed by atoms with E-state index < -0.39 is 5.91 Å². The van der Waals surface area contributed by atoms with Crippen LogP contribution in [0.4, 0.5) is 0 Å². The Labute approximate surface area is 80.3 Å². The lowest BCUT2D eigenvalue weighted by molar-refractivity contribution is -0.112. The number of primary amides is 1. The molecule has 3 heteroatoms. The minimum absolute atomic E-state index is 0.316. The second-order valence-electron chi connectivity index (χ2n) is 3.88. The van der Waals surface area contributed by atoms with Crippen molar-refractivity contribution in [3.8, 4) is 11.8 Å². The van der Waals surface area contributed by atoms with Crippen LogP contribution < -0.4 is 5.73 Å². The van der Waals surface area contributed by atoms with Gasteiger partial charge in [-0.15, -0.1) is 0 Å². The van der Waals surface area contributed by atoms with Gasteiger partial charge in [0.25, 0.3) is 5.91 Å². The molecule has 0 aromatic rings. The number of carbonyl (C=O) groups is 1. The summed E-state index contributed by atoms with van der Waals surface area (Å²) in [5, 5.41) is 0. The molecule has 0 aromatic heterocycles. The van der Waals surface area contributed by atoms with Crippen molar-refractivity contribution in [2.24, 2.45) is 5.73 Å². The Morgan fingerprint density at radius 3 is 2.23 bits per heavy atom. The van der Waals surface area contributed by atoms with Crippen LogP contribution in [0.3, 0.4) is 0 Å². The summed E-state index contributed by atoms with van der Waals surface area (Å²) < 4.78 is 0. The topological polar surface area (TPSA) is 46.3 Å². The molecule has 0 rings (SSSR count). The lowest BCUT2D eigenvalue weighted by Gasteiger charge is -2.34. The molecule has 0 saturated carbocycles. The van der Waals surface area contributed by atoms with Crippen molar-refractivity contribution in [3.05, 3.63) is 0 Å². The molecular weight excluding hydrogens is 164 g/mol. The smallest absolute Gasteiger partial charge is 0.293 e. The summed E-state index contributed by atoms with van der Waals surface area (Å²) in [6.07, 6.45) is 0. The van der Waals surface area contributed by atoms with Crippen molar-refractivity contribution in [2.75, 3.05) is 7.05 Å². The highest BCUT2D eigenvalue weighted by atomic mass is 16.1. The molecule has 3 nitrogen and oxygen atoms in total. The van der Waals surface area contributed by atoms with Gasteiger partial charge in [-0.3, -0.25) is 9.69 Å². The maximum atomic E-state index is 10.5. The van der Waals surface area contributed by atoms with E-state index in [0.29, 0.717) is 6.04 Å². The highest BCUT2D eigenvalue weighted by molar-refractivity contribution is 5.92. The molecule has 0 atom stereocenters. The fourth-order valence-corrected chi connectivity index (χ4v) is 0.948. The third-order valence-electron chi connectivity index (χ3n) is 2.15. The first kappa shape index (κ1) is 12.0. The van der Waals surface area contributed by atoms with E-state index >= 15 is 0 Å². The van der Waals surface area contributed by atoms with E-state index in [-0.39, 0.29) is 5.54 Å². The van der Waals surface area contributed by atoms with Crippen molar-refractivity contribution >= 4 is 5.91 Å². The zero-order chi connectivity index (χ0) is 10.6. The second kappa shape index (κ2) is 4.29. The second-order valence-corrected chi connectivity index (χ2v) is 3.88. The molecule has 0 aromatic carbocycles. The molecule has 0 saturated heterocycles. The number of hydrogen-bond donors (Lipinski definition) is 1. The van der Waals surface area contributed by atoms with Gasteiger partial charge in [0.15, 0.2) is 0 Å². The van der Waals surface area contributed by atoms with Crippen molar-refractivity contribution in [1.82, 2.24) is 4.90 Å². The molecule has 0 heterocycles. The van der Waals surface area contributed by atoms with E-state index in [1.165, 1.54) is 0 Å². The van der Waals surface area contributed by atoms with Crippen LogP contribution in [0.15, 0.2) is 0 Å². The summed E-state index contributed by atoms with van der Waals surface area (Å²) in [7, 11) is 1.97. The molecule has 0 bridgehead atoms. The summed E-state index contributed by atoms with van der Waals surface area (Å²) in [5.41, 5.74) is 4.63. The standard InChI is InChI=1S/C10H18N2O/c1-8(2)12(5)10(3,4)7-6-9(11)13/h8H,1-5H3,(H2,11,13). The average Bonchev–Trinajstić information content (AvgIpc) is 1.99. The van der Waals surface area contributed by atoms with E-state index in [0.717, 1.165) is 0 Å². The molecule has 1 amide bonds. The SMILES string of the molecule is CC(C)N(C)C(C)(C)C#CC(N)=O. The van der Waals surface area contributed by atoms with Gasteiger partial charge in [0.05, 0.1) is 5.54 Å². The predicted molar refractivity (Wildman–Crippen MR) is 53.9 cm³/mol. The molecule has 0 aliphatic rings. The lowest BCUT2D eigenvalue weighted by atomic mass is 10.0. The van der Waals surface area contributed by atoms with E-state index in [4.69, 9.17) is 5.73 Å². The molecule has 0 fully saturated rings. The maximum absolute atomic E-state index is 10.5. The lowest BCUT2D eigenvalue weighted by Crippen LogP contribution is -2.44. The van der Waals surface area contributed by atoms with Gasteiger partial charge in [-0.2, -0.15) is 0 Å². The van der Waals surface area contributed by atoms with E-state index in [1.807, 2.05) is 20.9 Å². The van der Waals surface area contributed by atoms with Crippen LogP contribution in [0.1, 0.15) is 27.7 Å². The van der Waals surface area contributed by atoms with Crippen molar-refractivity contribution in [2.45, 2.75) is 39.3 Å². The number of amides is 1. The number of hydrogen-bond acceptors (Lipinski definition) is 2. The van der Waals surface area contributed by atoms with Gasteiger partial charge in [-0.25, -0.2) is 0 Å². The van der Waals surface area contributed by atoms with Crippen LogP contribution in [-0.4, -0.2) is 29.4 Å². The molecular formula is C10H18N2O. The number of nitrogens with zero attached hydrogens (tertiary/aromatic N) is 1. The van der Waals surface area contributed by atoms with Crippen molar-refractivity contribution in [3.63, 3.8) is 0 Å². The van der Waals surface area contributed by atoms with E-state index in [1.54, 1.807) is 0 Å². The average molecular weight is 182 g/mol. The Morgan fingerprint density at radius 1 is 1.46 bits per heavy atom. The van der Waals surface area contributed by atoms with Gasteiger partial charge in [-0.05, 0) is 40.7 Å². The first-order chi connectivity index (χ1) is 5.77. The molecule has 13 heavy (non-hydrogen) atoms. The van der Waals surface area contributed by atoms with E-state index in [2.05, 4.69) is 30.6 Å². The van der Waals surface area contributed by atoms with Crippen LogP contribution in [0.2, 0.25) is 0 Å². The molecule has 74 valence electrons. The van der Waals surface area contributed by atoms with Crippen LogP contribution in [-0.2, 0) is 4.79 Å². The summed E-state index contributed by atoms with van der Waals surface area (Å²) in [6.45, 7) is 8.08. The quantitative estimate of drug-likeness (QED) is 0.635. The normalized spacial score (nSPS) is 11.3. The van der Waals surface area contributed by atoms with Crippen LogP contribution >= 0.6 is 0 Å². The van der Waals surface area contributed by atoms with Gasteiger partial charge in [0.2, 0.25) is 0 Å². The Morgan fingerprint density at radius 2 is 1.92 bits per heavy atom. The van der Waals surface area contributed by atoms with E-state index in [9.17, 15) is 4.79 Å². The van der Waals surface area contributed by atoms with Crippen LogP contribution in [0.5, 0.6) is 0 Å². The summed E-state index contributed by atoms with van der Waals surface area (Å²) in [5.74, 6) is 4.63. The van der Waals surface area contributed by atoms with Gasteiger partial charge in [-0.1, -0.05) is 5.92 Å². The van der Waals surface area contributed by atoms with Crippen molar-refractivity contribution < 1.29 is 4.79 Å². The monoisotopic (exact) mass is 182 g/mol. The molecule has 0 aliphatic heterocycles. The fourth-order valence-electron chi connectivity index (χ4n) is 0.948. The van der Waals surface area contributed by atoms with Gasteiger partial charge in [0.1, 0.15) is 0 Å². The minimum atomic E-state index is -0.578. The predicted octanol–water partition coefficient (Wildman–Crippen LogP) is 0.594. The zero-order valence-corrected chi connectivity index (χ0v) is 9.01. The van der Waals surface area contributed by atoms with Gasteiger partial charge >= 0.3 is 0 Å². The maximum Gasteiger partial charge on any atom is 0.293 e. The Hall–Kier alpha value is -1.01. The van der Waals surface area contributed by atoms with Crippen molar-refractivity contribution in [1.29, 1.82) is 0 Å². The number of rotatable bonds is 2. The third-order valence-corrected chi connectivity index (χ3v) is 2.15. The summed E-state index contributed by atoms with van der Waals surface area (Å²) in [4.78, 5) is 12.6. The first-order valence-electron chi connectivity index (χ1n) is 4.33. The fraction of sp³-hybridized carbons (Fsp3) is 0.700. The van der Waals surface area contributed by atoms with Crippen LogP contribution in [0.25, 0.3) is 0 Å². The largest absolute Gasteiger partial charge is 0.359 e. The highest BCUT2D eigenvalue weighted by Crippen LogP contribution is 2.13. The Bertz CT molecular complexity index is 245. The Kier molecular flexibility index (Phi) is 3.96. The third kappa shape index (κ3) is 3.95. The zero-order valence-electron chi connectivity index (χ0n) is 9.01. The van der Waals surface area contributed by atoms with Gasteiger partial charge in [0, 0.05) is 6.04 Å². The van der Waals surface area contributed by atoms with Crippen LogP contribution in [0, 0.1) is 11.8 Å². The molecule has 0 aliphatic carbocycles.